The minimum atomic E-state index is -1.11. The van der Waals surface area contributed by atoms with Crippen LogP contribution in [0, 0.1) is 0 Å². The number of nitrogens with one attached hydrogen (secondary N) is 1. The fraction of sp³-hybridized carbons (Fsp3) is 0.188. The van der Waals surface area contributed by atoms with Gasteiger partial charge in [0.05, 0.1) is 18.4 Å². The van der Waals surface area contributed by atoms with E-state index in [1.54, 1.807) is 13.0 Å². The van der Waals surface area contributed by atoms with Gasteiger partial charge in [-0.2, -0.15) is 0 Å². The summed E-state index contributed by atoms with van der Waals surface area (Å²) < 4.78 is 5.99. The molecule has 0 aliphatic carbocycles. The maximum Gasteiger partial charge on any atom is 0.254 e. The van der Waals surface area contributed by atoms with Gasteiger partial charge < -0.3 is 14.8 Å². The fourth-order valence-electron chi connectivity index (χ4n) is 2.08. The second kappa shape index (κ2) is 5.35. The Hall–Kier alpha value is -2.11. The number of benzene rings is 1. The Morgan fingerprint density at radius 1 is 1.38 bits per heavy atom. The van der Waals surface area contributed by atoms with Crippen LogP contribution in [0.5, 0.6) is 0 Å². The molecule has 4 nitrogen and oxygen atoms in total. The number of thiophene rings is 1. The van der Waals surface area contributed by atoms with Crippen molar-refractivity contribution in [2.24, 2.45) is 0 Å². The van der Waals surface area contributed by atoms with Gasteiger partial charge in [-0.25, -0.2) is 0 Å². The normalized spacial score (nSPS) is 14.0. The van der Waals surface area contributed by atoms with Crippen molar-refractivity contribution in [3.63, 3.8) is 0 Å². The maximum absolute atomic E-state index is 11.9. The number of aliphatic hydroxyl groups is 1. The lowest BCUT2D eigenvalue weighted by Crippen LogP contribution is -2.37. The summed E-state index contributed by atoms with van der Waals surface area (Å²) in [7, 11) is 0. The molecule has 1 atom stereocenters. The zero-order valence-corrected chi connectivity index (χ0v) is 12.3. The number of carbonyl (C=O) groups is 1. The summed E-state index contributed by atoms with van der Waals surface area (Å²) in [5.41, 5.74) is -0.662. The summed E-state index contributed by atoms with van der Waals surface area (Å²) in [5, 5.41) is 14.4. The lowest BCUT2D eigenvalue weighted by atomic mass is 10.0. The molecule has 0 aliphatic rings. The van der Waals surface area contributed by atoms with Crippen LogP contribution >= 0.6 is 11.3 Å². The highest BCUT2D eigenvalue weighted by molar-refractivity contribution is 7.19. The molecule has 1 aromatic carbocycles. The van der Waals surface area contributed by atoms with Crippen molar-refractivity contribution in [3.05, 3.63) is 59.4 Å². The minimum absolute atomic E-state index is 0.143. The Morgan fingerprint density at radius 3 is 2.90 bits per heavy atom. The van der Waals surface area contributed by atoms with E-state index in [-0.39, 0.29) is 12.5 Å². The Bertz CT molecular complexity index is 726. The van der Waals surface area contributed by atoms with Crippen LogP contribution in [0.3, 0.4) is 0 Å². The van der Waals surface area contributed by atoms with E-state index in [2.05, 4.69) is 5.32 Å². The predicted octanol–water partition coefficient (Wildman–Crippen LogP) is 3.13. The SMILES string of the molecule is C[C@](O)(CNC(=O)c1ccoc1)c1cc2ccccc2s1. The van der Waals surface area contributed by atoms with E-state index in [9.17, 15) is 9.90 Å². The summed E-state index contributed by atoms with van der Waals surface area (Å²) in [4.78, 5) is 12.7. The van der Waals surface area contributed by atoms with Crippen LogP contribution in [0.2, 0.25) is 0 Å². The van der Waals surface area contributed by atoms with Gasteiger partial charge in [-0.3, -0.25) is 4.79 Å². The molecular formula is C16H15NO3S. The first-order valence-electron chi connectivity index (χ1n) is 6.58. The van der Waals surface area contributed by atoms with Gasteiger partial charge in [0, 0.05) is 9.58 Å². The van der Waals surface area contributed by atoms with Crippen LogP contribution in [0.4, 0.5) is 0 Å². The third-order valence-electron chi connectivity index (χ3n) is 3.33. The average molecular weight is 301 g/mol. The standard InChI is InChI=1S/C16H15NO3S/c1-16(19,10-17-15(18)12-6-7-20-9-12)14-8-11-4-2-3-5-13(11)21-14/h2-9,19H,10H2,1H3,(H,17,18)/t16-/m0/s1. The molecule has 2 heterocycles. The van der Waals surface area contributed by atoms with Gasteiger partial charge >= 0.3 is 0 Å². The van der Waals surface area contributed by atoms with Crippen molar-refractivity contribution >= 4 is 27.3 Å². The van der Waals surface area contributed by atoms with Gasteiger partial charge in [0.2, 0.25) is 0 Å². The maximum atomic E-state index is 11.9. The van der Waals surface area contributed by atoms with Crippen molar-refractivity contribution in [3.8, 4) is 0 Å². The predicted molar refractivity (Wildman–Crippen MR) is 82.4 cm³/mol. The summed E-state index contributed by atoms with van der Waals surface area (Å²) in [5.74, 6) is -0.259. The van der Waals surface area contributed by atoms with Crippen LogP contribution in [0.1, 0.15) is 22.2 Å². The zero-order valence-electron chi connectivity index (χ0n) is 11.5. The first kappa shape index (κ1) is 13.9. The summed E-state index contributed by atoms with van der Waals surface area (Å²) >= 11 is 1.53. The van der Waals surface area contributed by atoms with Crippen LogP contribution in [-0.2, 0) is 5.60 Å². The number of hydrogen-bond acceptors (Lipinski definition) is 4. The molecule has 3 aromatic rings. The van der Waals surface area contributed by atoms with E-state index in [0.29, 0.717) is 5.56 Å². The van der Waals surface area contributed by atoms with E-state index < -0.39 is 5.60 Å². The molecule has 2 N–H and O–H groups in total. The van der Waals surface area contributed by atoms with Crippen molar-refractivity contribution in [1.82, 2.24) is 5.32 Å². The van der Waals surface area contributed by atoms with Crippen molar-refractivity contribution in [2.75, 3.05) is 6.54 Å². The largest absolute Gasteiger partial charge is 0.472 e. The highest BCUT2D eigenvalue weighted by atomic mass is 32.1. The summed E-state index contributed by atoms with van der Waals surface area (Å²) in [6.07, 6.45) is 2.82. The molecule has 3 rings (SSSR count). The molecular weight excluding hydrogens is 286 g/mol. The third-order valence-corrected chi connectivity index (χ3v) is 4.70. The lowest BCUT2D eigenvalue weighted by molar-refractivity contribution is 0.0557. The first-order chi connectivity index (χ1) is 10.1. The van der Waals surface area contributed by atoms with Crippen LogP contribution in [-0.4, -0.2) is 17.6 Å². The number of furan rings is 1. The van der Waals surface area contributed by atoms with Gasteiger partial charge in [-0.05, 0) is 30.5 Å². The monoisotopic (exact) mass is 301 g/mol. The topological polar surface area (TPSA) is 62.5 Å². The first-order valence-corrected chi connectivity index (χ1v) is 7.40. The van der Waals surface area contributed by atoms with Crippen LogP contribution in [0.15, 0.2) is 53.3 Å². The summed E-state index contributed by atoms with van der Waals surface area (Å²) in [6, 6.07) is 11.5. The molecule has 0 spiro atoms. The smallest absolute Gasteiger partial charge is 0.254 e. The molecule has 0 radical (unpaired) electrons. The number of amides is 1. The van der Waals surface area contributed by atoms with Crippen molar-refractivity contribution in [1.29, 1.82) is 0 Å². The van der Waals surface area contributed by atoms with E-state index in [1.165, 1.54) is 23.9 Å². The molecule has 0 fully saturated rings. The van der Waals surface area contributed by atoms with Crippen LogP contribution in [0.25, 0.3) is 10.1 Å². The molecule has 108 valence electrons. The molecule has 0 bridgehead atoms. The van der Waals surface area contributed by atoms with Gasteiger partial charge in [0.25, 0.3) is 5.91 Å². The summed E-state index contributed by atoms with van der Waals surface area (Å²) in [6.45, 7) is 1.84. The third kappa shape index (κ3) is 2.84. The van der Waals surface area contributed by atoms with E-state index in [4.69, 9.17) is 4.42 Å². The molecule has 21 heavy (non-hydrogen) atoms. The van der Waals surface area contributed by atoms with Gasteiger partial charge in [0.15, 0.2) is 0 Å². The number of carbonyl (C=O) groups excluding carboxylic acids is 1. The van der Waals surface area contributed by atoms with Gasteiger partial charge in [-0.1, -0.05) is 18.2 Å². The molecule has 5 heteroatoms. The quantitative estimate of drug-likeness (QED) is 0.778. The molecule has 2 aromatic heterocycles. The number of rotatable bonds is 4. The Labute approximate surface area is 126 Å². The molecule has 0 saturated heterocycles. The Balaban J connectivity index is 1.75. The fourth-order valence-corrected chi connectivity index (χ4v) is 3.19. The van der Waals surface area contributed by atoms with Gasteiger partial charge in [-0.15, -0.1) is 11.3 Å². The number of hydrogen-bond donors (Lipinski definition) is 2. The highest BCUT2D eigenvalue weighted by Gasteiger charge is 2.26. The van der Waals surface area contributed by atoms with Crippen molar-refractivity contribution < 1.29 is 14.3 Å². The Kier molecular flexibility index (Phi) is 3.53. The van der Waals surface area contributed by atoms with E-state index in [1.807, 2.05) is 30.3 Å². The number of fused-ring (bicyclic) bond motifs is 1. The second-order valence-electron chi connectivity index (χ2n) is 5.12. The van der Waals surface area contributed by atoms with Crippen LogP contribution < -0.4 is 5.32 Å². The Morgan fingerprint density at radius 2 is 2.19 bits per heavy atom. The second-order valence-corrected chi connectivity index (χ2v) is 6.20. The molecule has 0 unspecified atom stereocenters. The van der Waals surface area contributed by atoms with E-state index in [0.717, 1.165) is 15.0 Å². The molecule has 1 amide bonds. The lowest BCUT2D eigenvalue weighted by Gasteiger charge is -2.22. The molecule has 0 aliphatic heterocycles. The minimum Gasteiger partial charge on any atom is -0.472 e. The van der Waals surface area contributed by atoms with Crippen molar-refractivity contribution in [2.45, 2.75) is 12.5 Å². The van der Waals surface area contributed by atoms with Gasteiger partial charge in [0.1, 0.15) is 11.9 Å². The van der Waals surface area contributed by atoms with E-state index >= 15 is 0 Å². The zero-order chi connectivity index (χ0) is 14.9. The molecule has 0 saturated carbocycles. The highest BCUT2D eigenvalue weighted by Crippen LogP contribution is 2.32. The average Bonchev–Trinajstić information content (AvgIpc) is 3.13.